The number of nitrogens with two attached hydrogens (primary N) is 1. The van der Waals surface area contributed by atoms with E-state index in [1.807, 2.05) is 18.7 Å². The molecule has 0 saturated carbocycles. The number of hydrazine groups is 1. The number of aryl methyl sites for hydroxylation is 1. The van der Waals surface area contributed by atoms with E-state index in [0.29, 0.717) is 30.8 Å². The van der Waals surface area contributed by atoms with Crippen molar-refractivity contribution in [2.75, 3.05) is 37.6 Å². The standard InChI is InChI=1S/C19H26FN5O3/c1-3-24-11-14(19(27)28)18(26)13-8-15(20)17(9-16(13)24)25-6-4-23(5-7-25)10-12(2)22-21/h8-9,11-12,22H,3-7,10,21H2,1-2H3,(H,27,28). The fourth-order valence-corrected chi connectivity index (χ4v) is 3.67. The Morgan fingerprint density at radius 2 is 2.00 bits per heavy atom. The summed E-state index contributed by atoms with van der Waals surface area (Å²) in [5.41, 5.74) is 2.69. The van der Waals surface area contributed by atoms with Gasteiger partial charge < -0.3 is 14.6 Å². The van der Waals surface area contributed by atoms with Crippen LogP contribution in [-0.2, 0) is 6.54 Å². The number of nitrogens with one attached hydrogen (secondary N) is 1. The first-order chi connectivity index (χ1) is 13.3. The quantitative estimate of drug-likeness (QED) is 0.495. The minimum absolute atomic E-state index is 0.0875. The summed E-state index contributed by atoms with van der Waals surface area (Å²) in [6.07, 6.45) is 1.33. The SMILES string of the molecule is CCn1cc(C(=O)O)c(=O)c2cc(F)c(N3CCN(CC(C)NN)CC3)cc21. The summed E-state index contributed by atoms with van der Waals surface area (Å²) < 4.78 is 16.5. The van der Waals surface area contributed by atoms with Gasteiger partial charge >= 0.3 is 5.97 Å². The number of aromatic nitrogens is 1. The first-order valence-corrected chi connectivity index (χ1v) is 9.39. The lowest BCUT2D eigenvalue weighted by Crippen LogP contribution is -2.51. The third-order valence-electron chi connectivity index (χ3n) is 5.25. The van der Waals surface area contributed by atoms with Crippen LogP contribution in [0.5, 0.6) is 0 Å². The normalized spacial score (nSPS) is 16.5. The number of fused-ring (bicyclic) bond motifs is 1. The van der Waals surface area contributed by atoms with Crippen LogP contribution in [0.2, 0.25) is 0 Å². The molecular weight excluding hydrogens is 365 g/mol. The number of pyridine rings is 1. The van der Waals surface area contributed by atoms with Gasteiger partial charge in [0.15, 0.2) is 0 Å². The summed E-state index contributed by atoms with van der Waals surface area (Å²) in [6, 6.07) is 2.99. The van der Waals surface area contributed by atoms with Gasteiger partial charge in [-0.2, -0.15) is 0 Å². The Labute approximate surface area is 162 Å². The van der Waals surface area contributed by atoms with E-state index in [1.54, 1.807) is 10.6 Å². The van der Waals surface area contributed by atoms with E-state index in [0.717, 1.165) is 19.6 Å². The summed E-state index contributed by atoms with van der Waals surface area (Å²) in [6.45, 7) is 8.02. The van der Waals surface area contributed by atoms with Crippen molar-refractivity contribution < 1.29 is 14.3 Å². The van der Waals surface area contributed by atoms with Gasteiger partial charge in [0, 0.05) is 56.9 Å². The van der Waals surface area contributed by atoms with Crippen molar-refractivity contribution in [3.8, 4) is 0 Å². The lowest BCUT2D eigenvalue weighted by atomic mass is 10.1. The highest BCUT2D eigenvalue weighted by atomic mass is 19.1. The molecule has 1 unspecified atom stereocenters. The topological polar surface area (TPSA) is 104 Å². The molecule has 2 aromatic rings. The van der Waals surface area contributed by atoms with Crippen LogP contribution in [0.4, 0.5) is 10.1 Å². The van der Waals surface area contributed by atoms with E-state index in [9.17, 15) is 19.1 Å². The van der Waals surface area contributed by atoms with E-state index in [-0.39, 0.29) is 17.0 Å². The molecule has 2 heterocycles. The number of hydrogen-bond acceptors (Lipinski definition) is 6. The molecule has 0 spiro atoms. The first kappa shape index (κ1) is 20.2. The van der Waals surface area contributed by atoms with Crippen LogP contribution >= 0.6 is 0 Å². The summed E-state index contributed by atoms with van der Waals surface area (Å²) in [4.78, 5) is 28.0. The molecular formula is C19H26FN5O3. The van der Waals surface area contributed by atoms with Crippen LogP contribution in [0.3, 0.4) is 0 Å². The zero-order valence-electron chi connectivity index (χ0n) is 16.1. The molecule has 152 valence electrons. The summed E-state index contributed by atoms with van der Waals surface area (Å²) >= 11 is 0. The third kappa shape index (κ3) is 3.87. The van der Waals surface area contributed by atoms with Gasteiger partial charge in [0.1, 0.15) is 11.4 Å². The van der Waals surface area contributed by atoms with Crippen molar-refractivity contribution in [2.24, 2.45) is 5.84 Å². The van der Waals surface area contributed by atoms with Crippen LogP contribution in [0, 0.1) is 5.82 Å². The number of hydrogen-bond donors (Lipinski definition) is 3. The monoisotopic (exact) mass is 391 g/mol. The zero-order chi connectivity index (χ0) is 20.4. The Morgan fingerprint density at radius 1 is 1.32 bits per heavy atom. The number of anilines is 1. The zero-order valence-corrected chi connectivity index (χ0v) is 16.1. The fraction of sp³-hybridized carbons (Fsp3) is 0.474. The van der Waals surface area contributed by atoms with E-state index in [1.165, 1.54) is 12.3 Å². The molecule has 1 aromatic carbocycles. The Hall–Kier alpha value is -2.49. The molecule has 1 saturated heterocycles. The average Bonchev–Trinajstić information content (AvgIpc) is 2.68. The van der Waals surface area contributed by atoms with Crippen molar-refractivity contribution in [2.45, 2.75) is 26.4 Å². The number of nitrogens with zero attached hydrogens (tertiary/aromatic N) is 3. The van der Waals surface area contributed by atoms with Crippen LogP contribution < -0.4 is 21.6 Å². The average molecular weight is 391 g/mol. The highest BCUT2D eigenvalue weighted by Gasteiger charge is 2.23. The first-order valence-electron chi connectivity index (χ1n) is 9.39. The van der Waals surface area contributed by atoms with Gasteiger partial charge in [0.25, 0.3) is 0 Å². The summed E-state index contributed by atoms with van der Waals surface area (Å²) in [5, 5.41) is 9.33. The van der Waals surface area contributed by atoms with Gasteiger partial charge in [-0.25, -0.2) is 9.18 Å². The second kappa shape index (κ2) is 8.26. The minimum atomic E-state index is -1.31. The second-order valence-corrected chi connectivity index (χ2v) is 7.14. The van der Waals surface area contributed by atoms with E-state index in [4.69, 9.17) is 5.84 Å². The van der Waals surface area contributed by atoms with Crippen molar-refractivity contribution in [1.29, 1.82) is 0 Å². The number of rotatable bonds is 6. The lowest BCUT2D eigenvalue weighted by molar-refractivity contribution is 0.0695. The van der Waals surface area contributed by atoms with Crippen LogP contribution in [0.25, 0.3) is 10.9 Å². The smallest absolute Gasteiger partial charge is 0.341 e. The maximum Gasteiger partial charge on any atom is 0.341 e. The molecule has 1 aliphatic rings. The van der Waals surface area contributed by atoms with Gasteiger partial charge in [-0.1, -0.05) is 0 Å². The molecule has 0 radical (unpaired) electrons. The van der Waals surface area contributed by atoms with Gasteiger partial charge in [0.2, 0.25) is 5.43 Å². The minimum Gasteiger partial charge on any atom is -0.477 e. The highest BCUT2D eigenvalue weighted by Crippen LogP contribution is 2.26. The summed E-state index contributed by atoms with van der Waals surface area (Å²) in [5.74, 6) is 3.62. The Kier molecular flexibility index (Phi) is 5.97. The number of piperazine rings is 1. The van der Waals surface area contributed by atoms with Crippen molar-refractivity contribution in [1.82, 2.24) is 14.9 Å². The maximum absolute atomic E-state index is 14.8. The molecule has 1 aromatic heterocycles. The second-order valence-electron chi connectivity index (χ2n) is 7.14. The van der Waals surface area contributed by atoms with Gasteiger partial charge in [-0.15, -0.1) is 0 Å². The van der Waals surface area contributed by atoms with Crippen molar-refractivity contribution in [3.05, 3.63) is 39.9 Å². The van der Waals surface area contributed by atoms with Gasteiger partial charge in [-0.05, 0) is 26.0 Å². The number of carboxylic acids is 1. The Balaban J connectivity index is 1.93. The van der Waals surface area contributed by atoms with Crippen LogP contribution in [0.1, 0.15) is 24.2 Å². The largest absolute Gasteiger partial charge is 0.477 e. The third-order valence-corrected chi connectivity index (χ3v) is 5.25. The highest BCUT2D eigenvalue weighted by molar-refractivity contribution is 5.93. The number of benzene rings is 1. The van der Waals surface area contributed by atoms with Crippen molar-refractivity contribution >= 4 is 22.6 Å². The molecule has 4 N–H and O–H groups in total. The predicted octanol–water partition coefficient (Wildman–Crippen LogP) is 0.833. The molecule has 0 amide bonds. The maximum atomic E-state index is 14.8. The predicted molar refractivity (Wildman–Crippen MR) is 106 cm³/mol. The van der Waals surface area contributed by atoms with Crippen LogP contribution in [0.15, 0.2) is 23.1 Å². The molecule has 3 rings (SSSR count). The van der Waals surface area contributed by atoms with E-state index in [2.05, 4.69) is 10.3 Å². The molecule has 9 heteroatoms. The Morgan fingerprint density at radius 3 is 2.57 bits per heavy atom. The van der Waals surface area contributed by atoms with Gasteiger partial charge in [0.05, 0.1) is 11.2 Å². The Bertz CT molecular complexity index is 937. The van der Waals surface area contributed by atoms with Crippen molar-refractivity contribution in [3.63, 3.8) is 0 Å². The fourth-order valence-electron chi connectivity index (χ4n) is 3.67. The van der Waals surface area contributed by atoms with Crippen LogP contribution in [-0.4, -0.2) is 59.3 Å². The molecule has 0 aliphatic carbocycles. The molecule has 1 aliphatic heterocycles. The van der Waals surface area contributed by atoms with E-state index < -0.39 is 17.2 Å². The molecule has 28 heavy (non-hydrogen) atoms. The van der Waals surface area contributed by atoms with Gasteiger partial charge in [-0.3, -0.25) is 21.0 Å². The summed E-state index contributed by atoms with van der Waals surface area (Å²) in [7, 11) is 0. The number of halogens is 1. The molecule has 1 fully saturated rings. The molecule has 1 atom stereocenters. The number of aromatic carboxylic acids is 1. The number of carbonyl (C=O) groups is 1. The lowest BCUT2D eigenvalue weighted by Gasteiger charge is -2.37. The molecule has 0 bridgehead atoms. The van der Waals surface area contributed by atoms with E-state index >= 15 is 0 Å². The number of carboxylic acid groups (broad SMARTS) is 1. The molecule has 8 nitrogen and oxygen atoms in total.